The monoisotopic (exact) mass is 512 g/mol. The van der Waals surface area contributed by atoms with Crippen molar-refractivity contribution in [1.29, 1.82) is 0 Å². The zero-order valence-electron chi connectivity index (χ0n) is 21.2. The van der Waals surface area contributed by atoms with Crippen LogP contribution >= 0.6 is 0 Å². The Bertz CT molecular complexity index is 1390. The Labute approximate surface area is 220 Å². The number of methoxy groups -OCH3 is 1. The molecule has 0 saturated carbocycles. The minimum absolute atomic E-state index is 0.0890. The Morgan fingerprint density at radius 2 is 1.66 bits per heavy atom. The lowest BCUT2D eigenvalue weighted by molar-refractivity contribution is -0.138. The van der Waals surface area contributed by atoms with Crippen molar-refractivity contribution in [2.45, 2.75) is 19.9 Å². The van der Waals surface area contributed by atoms with E-state index in [1.807, 2.05) is 73.7 Å². The summed E-state index contributed by atoms with van der Waals surface area (Å²) in [5.41, 5.74) is 3.54. The summed E-state index contributed by atoms with van der Waals surface area (Å²) in [4.78, 5) is 29.8. The van der Waals surface area contributed by atoms with Crippen LogP contribution in [0.1, 0.15) is 22.6 Å². The lowest BCUT2D eigenvalue weighted by Crippen LogP contribution is -2.37. The number of amides is 1. The molecule has 0 aliphatic carbocycles. The fourth-order valence-corrected chi connectivity index (χ4v) is 3.74. The first-order chi connectivity index (χ1) is 18.4. The average molecular weight is 513 g/mol. The summed E-state index contributed by atoms with van der Waals surface area (Å²) in [5, 5.41) is 9.28. The SMILES string of the molecule is COc1ccc(OC(=O)N(CC(=O)O)Cc2ccc(C=CCc3nc(-c4ccccc4)oc3C)cc2)cc1. The summed E-state index contributed by atoms with van der Waals surface area (Å²) < 4.78 is 16.3. The molecule has 1 aromatic heterocycles. The average Bonchev–Trinajstić information content (AvgIpc) is 3.30. The number of aryl methyl sites for hydroxylation is 1. The van der Waals surface area contributed by atoms with Gasteiger partial charge in [-0.2, -0.15) is 0 Å². The molecule has 0 aliphatic rings. The van der Waals surface area contributed by atoms with Gasteiger partial charge in [-0.1, -0.05) is 54.6 Å². The molecule has 0 fully saturated rings. The zero-order valence-corrected chi connectivity index (χ0v) is 21.2. The molecule has 4 rings (SSSR count). The number of oxazole rings is 1. The van der Waals surface area contributed by atoms with Crippen molar-refractivity contribution in [3.8, 4) is 23.0 Å². The molecule has 1 amide bonds. The summed E-state index contributed by atoms with van der Waals surface area (Å²) in [6, 6.07) is 23.8. The van der Waals surface area contributed by atoms with E-state index in [4.69, 9.17) is 13.9 Å². The van der Waals surface area contributed by atoms with Gasteiger partial charge in [0.2, 0.25) is 5.89 Å². The Balaban J connectivity index is 1.36. The molecule has 8 nitrogen and oxygen atoms in total. The molecule has 0 saturated heterocycles. The van der Waals surface area contributed by atoms with Gasteiger partial charge in [-0.15, -0.1) is 0 Å². The van der Waals surface area contributed by atoms with Crippen LogP contribution in [0.5, 0.6) is 11.5 Å². The van der Waals surface area contributed by atoms with Crippen LogP contribution in [0.3, 0.4) is 0 Å². The number of carboxylic acids is 1. The van der Waals surface area contributed by atoms with Crippen LogP contribution in [0, 0.1) is 6.92 Å². The quantitative estimate of drug-likeness (QED) is 0.278. The van der Waals surface area contributed by atoms with E-state index in [1.54, 1.807) is 24.3 Å². The second-order valence-corrected chi connectivity index (χ2v) is 8.53. The molecule has 4 aromatic rings. The highest BCUT2D eigenvalue weighted by atomic mass is 16.6. The van der Waals surface area contributed by atoms with Gasteiger partial charge in [-0.3, -0.25) is 9.69 Å². The Hall–Kier alpha value is -4.85. The highest BCUT2D eigenvalue weighted by Gasteiger charge is 2.19. The predicted molar refractivity (Wildman–Crippen MR) is 143 cm³/mol. The normalized spacial score (nSPS) is 10.9. The van der Waals surface area contributed by atoms with E-state index in [-0.39, 0.29) is 6.54 Å². The largest absolute Gasteiger partial charge is 0.497 e. The molecule has 0 unspecified atom stereocenters. The van der Waals surface area contributed by atoms with Crippen LogP contribution in [0.2, 0.25) is 0 Å². The van der Waals surface area contributed by atoms with E-state index in [0.29, 0.717) is 23.8 Å². The third-order valence-electron chi connectivity index (χ3n) is 5.74. The van der Waals surface area contributed by atoms with Crippen LogP contribution in [0.4, 0.5) is 4.79 Å². The number of hydrogen-bond acceptors (Lipinski definition) is 6. The van der Waals surface area contributed by atoms with Crippen LogP contribution in [0.25, 0.3) is 17.5 Å². The van der Waals surface area contributed by atoms with E-state index in [2.05, 4.69) is 4.98 Å². The van der Waals surface area contributed by atoms with Gasteiger partial charge in [0.1, 0.15) is 23.8 Å². The predicted octanol–water partition coefficient (Wildman–Crippen LogP) is 6.00. The number of aliphatic carboxylic acids is 1. The van der Waals surface area contributed by atoms with Gasteiger partial charge in [0.05, 0.1) is 12.8 Å². The zero-order chi connectivity index (χ0) is 26.9. The molecule has 1 heterocycles. The van der Waals surface area contributed by atoms with Gasteiger partial charge < -0.3 is 19.0 Å². The maximum absolute atomic E-state index is 12.7. The summed E-state index contributed by atoms with van der Waals surface area (Å²) in [6.45, 7) is 1.50. The van der Waals surface area contributed by atoms with Gasteiger partial charge in [0, 0.05) is 18.5 Å². The minimum atomic E-state index is -1.13. The molecule has 0 aliphatic heterocycles. The van der Waals surface area contributed by atoms with Crippen molar-refractivity contribution in [3.05, 3.63) is 108 Å². The molecule has 0 radical (unpaired) electrons. The smallest absolute Gasteiger partial charge is 0.416 e. The van der Waals surface area contributed by atoms with Gasteiger partial charge in [-0.05, 0) is 54.4 Å². The van der Waals surface area contributed by atoms with Gasteiger partial charge >= 0.3 is 12.1 Å². The van der Waals surface area contributed by atoms with Gasteiger partial charge in [-0.25, -0.2) is 9.78 Å². The number of hydrogen-bond donors (Lipinski definition) is 1. The second kappa shape index (κ2) is 12.4. The maximum Gasteiger partial charge on any atom is 0.416 e. The standard InChI is InChI=1S/C30H28N2O6/c1-21-27(31-29(37-21)24-8-4-3-5-9-24)10-6-7-22-11-13-23(14-12-22)19-32(20-28(33)34)30(35)38-26-17-15-25(36-2)16-18-26/h3-9,11-18H,10,19-20H2,1-2H3,(H,33,34). The van der Waals surface area contributed by atoms with E-state index >= 15 is 0 Å². The number of carbonyl (C=O) groups excluding carboxylic acids is 1. The number of carbonyl (C=O) groups is 2. The topological polar surface area (TPSA) is 102 Å². The van der Waals surface area contributed by atoms with E-state index in [0.717, 1.165) is 33.0 Å². The molecule has 3 aromatic carbocycles. The van der Waals surface area contributed by atoms with Gasteiger partial charge in [0.25, 0.3) is 0 Å². The Kier molecular flexibility index (Phi) is 8.56. The third-order valence-corrected chi connectivity index (χ3v) is 5.74. The molecule has 0 spiro atoms. The highest BCUT2D eigenvalue weighted by Crippen LogP contribution is 2.22. The van der Waals surface area contributed by atoms with Crippen molar-refractivity contribution in [2.24, 2.45) is 0 Å². The first-order valence-electron chi connectivity index (χ1n) is 12.0. The van der Waals surface area contributed by atoms with E-state index in [1.165, 1.54) is 7.11 Å². The first-order valence-corrected chi connectivity index (χ1v) is 12.0. The maximum atomic E-state index is 12.7. The van der Waals surface area contributed by atoms with Crippen LogP contribution in [0.15, 0.2) is 89.4 Å². The van der Waals surface area contributed by atoms with E-state index in [9.17, 15) is 14.7 Å². The van der Waals surface area contributed by atoms with Crippen LogP contribution < -0.4 is 9.47 Å². The third kappa shape index (κ3) is 7.10. The first kappa shape index (κ1) is 26.2. The molecule has 8 heteroatoms. The number of ether oxygens (including phenoxy) is 2. The highest BCUT2D eigenvalue weighted by molar-refractivity contribution is 5.78. The minimum Gasteiger partial charge on any atom is -0.497 e. The fourth-order valence-electron chi connectivity index (χ4n) is 3.74. The number of allylic oxidation sites excluding steroid dienone is 1. The summed E-state index contributed by atoms with van der Waals surface area (Å²) in [5.74, 6) is 1.17. The second-order valence-electron chi connectivity index (χ2n) is 8.53. The number of nitrogens with zero attached hydrogens (tertiary/aromatic N) is 2. The summed E-state index contributed by atoms with van der Waals surface area (Å²) in [7, 11) is 1.54. The number of rotatable bonds is 10. The Morgan fingerprint density at radius 3 is 2.32 bits per heavy atom. The van der Waals surface area contributed by atoms with Crippen molar-refractivity contribution >= 4 is 18.1 Å². The van der Waals surface area contributed by atoms with Crippen molar-refractivity contribution < 1.29 is 28.6 Å². The van der Waals surface area contributed by atoms with E-state index < -0.39 is 18.6 Å². The van der Waals surface area contributed by atoms with Crippen molar-refractivity contribution in [1.82, 2.24) is 9.88 Å². The molecular formula is C30H28N2O6. The molecule has 38 heavy (non-hydrogen) atoms. The van der Waals surface area contributed by atoms with Crippen molar-refractivity contribution in [2.75, 3.05) is 13.7 Å². The summed E-state index contributed by atoms with van der Waals surface area (Å²) >= 11 is 0. The molecule has 1 N–H and O–H groups in total. The fraction of sp³-hybridized carbons (Fsp3) is 0.167. The van der Waals surface area contributed by atoms with Crippen molar-refractivity contribution in [3.63, 3.8) is 0 Å². The number of aromatic nitrogens is 1. The number of benzene rings is 3. The molecule has 0 bridgehead atoms. The lowest BCUT2D eigenvalue weighted by Gasteiger charge is -2.20. The molecular weight excluding hydrogens is 484 g/mol. The Morgan fingerprint density at radius 1 is 0.974 bits per heavy atom. The van der Waals surface area contributed by atoms with Crippen LogP contribution in [-0.4, -0.2) is 40.7 Å². The number of carboxylic acid groups (broad SMARTS) is 1. The van der Waals surface area contributed by atoms with Crippen LogP contribution in [-0.2, 0) is 17.8 Å². The van der Waals surface area contributed by atoms with Gasteiger partial charge in [0.15, 0.2) is 0 Å². The summed E-state index contributed by atoms with van der Waals surface area (Å²) in [6.07, 6.45) is 3.86. The molecule has 0 atom stereocenters. The molecule has 194 valence electrons. The lowest BCUT2D eigenvalue weighted by atomic mass is 10.1.